The zero-order chi connectivity index (χ0) is 17.3. The number of hydrogen-bond donors (Lipinski definition) is 1. The van der Waals surface area contributed by atoms with Crippen molar-refractivity contribution < 1.29 is 4.79 Å². The average Bonchev–Trinajstić information content (AvgIpc) is 2.92. The van der Waals surface area contributed by atoms with Crippen LogP contribution in [0, 0.1) is 6.92 Å². The summed E-state index contributed by atoms with van der Waals surface area (Å²) in [5.74, 6) is -0.238. The van der Waals surface area contributed by atoms with Gasteiger partial charge in [0.15, 0.2) is 5.65 Å². The van der Waals surface area contributed by atoms with E-state index in [2.05, 4.69) is 15.4 Å². The van der Waals surface area contributed by atoms with Gasteiger partial charge in [0.1, 0.15) is 18.3 Å². The molecule has 2 heterocycles. The third kappa shape index (κ3) is 2.92. The summed E-state index contributed by atoms with van der Waals surface area (Å²) < 4.78 is 2.82. The standard InChI is InChI=1S/C17H19N5O2/c1-11-6-4-5-7-13(11)12(2)20-15(23)9-22-10-18-16-14(17(22)24)8-19-21(16)3/h4-8,10,12H,9H2,1-3H3,(H,20,23)/t12-/m1/s1. The fourth-order valence-electron chi connectivity index (χ4n) is 2.77. The van der Waals surface area contributed by atoms with E-state index < -0.39 is 0 Å². The Bertz CT molecular complexity index is 957. The molecule has 0 aliphatic carbocycles. The molecule has 0 aliphatic heterocycles. The highest BCUT2D eigenvalue weighted by atomic mass is 16.2. The zero-order valence-electron chi connectivity index (χ0n) is 13.9. The van der Waals surface area contributed by atoms with Gasteiger partial charge in [0.25, 0.3) is 5.56 Å². The lowest BCUT2D eigenvalue weighted by Gasteiger charge is -2.17. The third-order valence-electron chi connectivity index (χ3n) is 4.06. The van der Waals surface area contributed by atoms with Crippen LogP contribution >= 0.6 is 0 Å². The van der Waals surface area contributed by atoms with Crippen LogP contribution in [-0.2, 0) is 18.4 Å². The first-order chi connectivity index (χ1) is 11.5. The minimum atomic E-state index is -0.271. The first kappa shape index (κ1) is 15.9. The van der Waals surface area contributed by atoms with Crippen molar-refractivity contribution in [1.82, 2.24) is 24.6 Å². The maximum atomic E-state index is 12.4. The highest BCUT2D eigenvalue weighted by Gasteiger charge is 2.14. The van der Waals surface area contributed by atoms with Crippen LogP contribution in [0.15, 0.2) is 41.6 Å². The summed E-state index contributed by atoms with van der Waals surface area (Å²) in [6.07, 6.45) is 2.85. The minimum absolute atomic E-state index is 0.0765. The second-order valence-electron chi connectivity index (χ2n) is 5.83. The van der Waals surface area contributed by atoms with Crippen LogP contribution in [0.5, 0.6) is 0 Å². The number of nitrogens with one attached hydrogen (secondary N) is 1. The highest BCUT2D eigenvalue weighted by Crippen LogP contribution is 2.16. The summed E-state index contributed by atoms with van der Waals surface area (Å²) in [6, 6.07) is 7.75. The lowest BCUT2D eigenvalue weighted by atomic mass is 10.0. The number of hydrogen-bond acceptors (Lipinski definition) is 4. The number of nitrogens with zero attached hydrogens (tertiary/aromatic N) is 4. The lowest BCUT2D eigenvalue weighted by Crippen LogP contribution is -2.34. The van der Waals surface area contributed by atoms with Gasteiger partial charge in [-0.2, -0.15) is 5.10 Å². The van der Waals surface area contributed by atoms with Crippen molar-refractivity contribution in [3.05, 3.63) is 58.3 Å². The summed E-state index contributed by atoms with van der Waals surface area (Å²) in [4.78, 5) is 28.8. The van der Waals surface area contributed by atoms with Crippen LogP contribution in [0.3, 0.4) is 0 Å². The Kier molecular flexibility index (Phi) is 4.16. The Morgan fingerprint density at radius 2 is 2.08 bits per heavy atom. The molecular weight excluding hydrogens is 306 g/mol. The molecule has 0 spiro atoms. The van der Waals surface area contributed by atoms with Gasteiger partial charge in [-0.1, -0.05) is 24.3 Å². The minimum Gasteiger partial charge on any atom is -0.348 e. The largest absolute Gasteiger partial charge is 0.348 e. The second kappa shape index (κ2) is 6.27. The molecule has 3 aromatic rings. The molecule has 7 nitrogen and oxygen atoms in total. The molecule has 24 heavy (non-hydrogen) atoms. The zero-order valence-corrected chi connectivity index (χ0v) is 13.9. The van der Waals surface area contributed by atoms with E-state index in [0.29, 0.717) is 11.0 Å². The number of rotatable bonds is 4. The van der Waals surface area contributed by atoms with Gasteiger partial charge in [0.2, 0.25) is 5.91 Å². The fourth-order valence-corrected chi connectivity index (χ4v) is 2.77. The molecule has 1 atom stereocenters. The van der Waals surface area contributed by atoms with E-state index in [0.717, 1.165) is 11.1 Å². The molecule has 1 amide bonds. The van der Waals surface area contributed by atoms with E-state index in [1.807, 2.05) is 38.1 Å². The van der Waals surface area contributed by atoms with Crippen molar-refractivity contribution in [3.63, 3.8) is 0 Å². The monoisotopic (exact) mass is 325 g/mol. The van der Waals surface area contributed by atoms with Crippen LogP contribution < -0.4 is 10.9 Å². The Morgan fingerprint density at radius 1 is 1.33 bits per heavy atom. The molecule has 0 fully saturated rings. The van der Waals surface area contributed by atoms with Crippen molar-refractivity contribution >= 4 is 16.9 Å². The molecule has 3 rings (SSSR count). The van der Waals surface area contributed by atoms with E-state index in [9.17, 15) is 9.59 Å². The van der Waals surface area contributed by atoms with E-state index in [1.54, 1.807) is 7.05 Å². The molecule has 0 unspecified atom stereocenters. The third-order valence-corrected chi connectivity index (χ3v) is 4.06. The number of benzene rings is 1. The Balaban J connectivity index is 1.77. The van der Waals surface area contributed by atoms with Crippen molar-refractivity contribution in [3.8, 4) is 0 Å². The van der Waals surface area contributed by atoms with Crippen molar-refractivity contribution in [2.24, 2.45) is 7.05 Å². The number of aryl methyl sites for hydroxylation is 2. The van der Waals surface area contributed by atoms with Gasteiger partial charge < -0.3 is 5.32 Å². The van der Waals surface area contributed by atoms with Gasteiger partial charge in [0, 0.05) is 7.05 Å². The Labute approximate surface area is 138 Å². The van der Waals surface area contributed by atoms with Gasteiger partial charge >= 0.3 is 0 Å². The first-order valence-electron chi connectivity index (χ1n) is 7.69. The number of carbonyl (C=O) groups is 1. The molecule has 1 N–H and O–H groups in total. The second-order valence-corrected chi connectivity index (χ2v) is 5.83. The number of fused-ring (bicyclic) bond motifs is 1. The van der Waals surface area contributed by atoms with E-state index in [-0.39, 0.29) is 24.1 Å². The number of amides is 1. The predicted molar refractivity (Wildman–Crippen MR) is 90.5 cm³/mol. The predicted octanol–water partition coefficient (Wildman–Crippen LogP) is 1.32. The topological polar surface area (TPSA) is 81.8 Å². The molecule has 1 aromatic carbocycles. The van der Waals surface area contributed by atoms with Gasteiger partial charge in [0.05, 0.1) is 12.2 Å². The van der Waals surface area contributed by atoms with Crippen molar-refractivity contribution in [2.75, 3.05) is 0 Å². The van der Waals surface area contributed by atoms with Crippen LogP contribution in [0.1, 0.15) is 24.1 Å². The van der Waals surface area contributed by atoms with E-state index in [1.165, 1.54) is 21.8 Å². The highest BCUT2D eigenvalue weighted by molar-refractivity contribution is 5.77. The maximum Gasteiger partial charge on any atom is 0.264 e. The fraction of sp³-hybridized carbons (Fsp3) is 0.294. The van der Waals surface area contributed by atoms with Crippen molar-refractivity contribution in [2.45, 2.75) is 26.4 Å². The summed E-state index contributed by atoms with van der Waals surface area (Å²) in [5, 5.41) is 7.34. The normalized spacial score (nSPS) is 12.3. The quantitative estimate of drug-likeness (QED) is 0.784. The number of carbonyl (C=O) groups excluding carboxylic acids is 1. The molecule has 0 aliphatic rings. The van der Waals surface area contributed by atoms with E-state index in [4.69, 9.17) is 0 Å². The molecule has 2 aromatic heterocycles. The van der Waals surface area contributed by atoms with Crippen LogP contribution in [0.4, 0.5) is 0 Å². The molecule has 7 heteroatoms. The maximum absolute atomic E-state index is 12.4. The SMILES string of the molecule is Cc1ccccc1[C@@H](C)NC(=O)Cn1cnc2c(cnn2C)c1=O. The molecule has 0 radical (unpaired) electrons. The van der Waals surface area contributed by atoms with Gasteiger partial charge in [-0.15, -0.1) is 0 Å². The summed E-state index contributed by atoms with van der Waals surface area (Å²) in [6.45, 7) is 3.85. The smallest absolute Gasteiger partial charge is 0.264 e. The van der Waals surface area contributed by atoms with Crippen molar-refractivity contribution in [1.29, 1.82) is 0 Å². The molecule has 0 saturated heterocycles. The average molecular weight is 325 g/mol. The Hall–Kier alpha value is -2.96. The van der Waals surface area contributed by atoms with E-state index >= 15 is 0 Å². The first-order valence-corrected chi connectivity index (χ1v) is 7.69. The van der Waals surface area contributed by atoms with Crippen LogP contribution in [-0.4, -0.2) is 25.2 Å². The van der Waals surface area contributed by atoms with Gasteiger partial charge in [-0.05, 0) is 25.0 Å². The lowest BCUT2D eigenvalue weighted by molar-refractivity contribution is -0.122. The summed E-state index contributed by atoms with van der Waals surface area (Å²) >= 11 is 0. The number of aromatic nitrogens is 4. The van der Waals surface area contributed by atoms with Gasteiger partial charge in [-0.3, -0.25) is 18.8 Å². The molecule has 0 saturated carbocycles. The molecular formula is C17H19N5O2. The summed E-state index contributed by atoms with van der Waals surface area (Å²) in [5.41, 5.74) is 2.40. The van der Waals surface area contributed by atoms with Gasteiger partial charge in [-0.25, -0.2) is 4.98 Å². The Morgan fingerprint density at radius 3 is 2.83 bits per heavy atom. The van der Waals surface area contributed by atoms with Crippen LogP contribution in [0.25, 0.3) is 11.0 Å². The van der Waals surface area contributed by atoms with Crippen LogP contribution in [0.2, 0.25) is 0 Å². The summed E-state index contributed by atoms with van der Waals surface area (Å²) in [7, 11) is 1.72. The molecule has 0 bridgehead atoms. The molecule has 124 valence electrons.